The van der Waals surface area contributed by atoms with Crippen LogP contribution in [0.3, 0.4) is 0 Å². The molecule has 0 saturated carbocycles. The fraction of sp³-hybridized carbons (Fsp3) is 0.231. The first kappa shape index (κ1) is 15.2. The number of hydrogen-bond acceptors (Lipinski definition) is 2. The monoisotopic (exact) mass is 285 g/mol. The molecule has 1 rings (SSSR count). The van der Waals surface area contributed by atoms with E-state index >= 15 is 0 Å². The lowest BCUT2D eigenvalue weighted by Gasteiger charge is -2.09. The van der Waals surface area contributed by atoms with Crippen molar-refractivity contribution >= 4 is 29.6 Å². The molecule has 0 heterocycles. The number of amides is 1. The van der Waals surface area contributed by atoms with Crippen molar-refractivity contribution in [2.45, 2.75) is 19.4 Å². The predicted octanol–water partition coefficient (Wildman–Crippen LogP) is 2.47. The van der Waals surface area contributed by atoms with Crippen LogP contribution >= 0.6 is 11.6 Å². The van der Waals surface area contributed by atoms with Gasteiger partial charge >= 0.3 is 5.97 Å². The molecular weight excluding hydrogens is 273 g/mol. The maximum absolute atomic E-state index is 13.4. The van der Waals surface area contributed by atoms with Gasteiger partial charge in [-0.15, -0.1) is 0 Å². The van der Waals surface area contributed by atoms with E-state index in [0.717, 1.165) is 6.08 Å². The van der Waals surface area contributed by atoms with Crippen molar-refractivity contribution in [2.75, 3.05) is 0 Å². The van der Waals surface area contributed by atoms with Gasteiger partial charge in [0.15, 0.2) is 0 Å². The maximum Gasteiger partial charge on any atom is 0.326 e. The van der Waals surface area contributed by atoms with Crippen LogP contribution in [0.4, 0.5) is 4.39 Å². The number of carboxylic acids is 1. The van der Waals surface area contributed by atoms with E-state index in [1.54, 1.807) is 6.92 Å². The minimum Gasteiger partial charge on any atom is -0.480 e. The summed E-state index contributed by atoms with van der Waals surface area (Å²) in [6.07, 6.45) is 2.52. The number of benzene rings is 1. The third-order valence-electron chi connectivity index (χ3n) is 2.42. The summed E-state index contributed by atoms with van der Waals surface area (Å²) >= 11 is 5.78. The van der Waals surface area contributed by atoms with Gasteiger partial charge in [0.25, 0.3) is 0 Å². The number of halogens is 2. The second-order valence-electron chi connectivity index (χ2n) is 3.78. The van der Waals surface area contributed by atoms with Crippen LogP contribution in [-0.4, -0.2) is 23.0 Å². The second-order valence-corrected chi connectivity index (χ2v) is 4.18. The molecule has 19 heavy (non-hydrogen) atoms. The summed E-state index contributed by atoms with van der Waals surface area (Å²) in [6.45, 7) is 1.64. The molecule has 0 aliphatic carbocycles. The number of carbonyl (C=O) groups is 2. The smallest absolute Gasteiger partial charge is 0.326 e. The minimum atomic E-state index is -1.12. The van der Waals surface area contributed by atoms with Crippen LogP contribution in [0, 0.1) is 5.82 Å². The van der Waals surface area contributed by atoms with Gasteiger partial charge < -0.3 is 10.4 Å². The molecule has 0 fully saturated rings. The van der Waals surface area contributed by atoms with E-state index in [1.165, 1.54) is 24.3 Å². The van der Waals surface area contributed by atoms with Crippen LogP contribution in [0.25, 0.3) is 6.08 Å². The SMILES string of the molecule is CCC(NC(=O)/C=C/c1c(F)cccc1Cl)C(=O)O. The standard InChI is InChI=1S/C13H13ClFNO3/c1-2-11(13(18)19)16-12(17)7-6-8-9(14)4-3-5-10(8)15/h3-7,11H,2H2,1H3,(H,16,17)(H,18,19)/b7-6+. The first-order valence-electron chi connectivity index (χ1n) is 5.61. The van der Waals surface area contributed by atoms with Crippen LogP contribution < -0.4 is 5.32 Å². The molecular formula is C13H13ClFNO3. The van der Waals surface area contributed by atoms with Crippen molar-refractivity contribution < 1.29 is 19.1 Å². The van der Waals surface area contributed by atoms with Crippen molar-refractivity contribution in [1.82, 2.24) is 5.32 Å². The highest BCUT2D eigenvalue weighted by molar-refractivity contribution is 6.32. The van der Waals surface area contributed by atoms with E-state index in [9.17, 15) is 14.0 Å². The minimum absolute atomic E-state index is 0.0858. The molecule has 1 aromatic rings. The van der Waals surface area contributed by atoms with Gasteiger partial charge in [0.1, 0.15) is 11.9 Å². The van der Waals surface area contributed by atoms with Gasteiger partial charge in [0.2, 0.25) is 5.91 Å². The highest BCUT2D eigenvalue weighted by Crippen LogP contribution is 2.20. The Balaban J connectivity index is 2.76. The van der Waals surface area contributed by atoms with Gasteiger partial charge in [-0.05, 0) is 24.6 Å². The zero-order valence-electron chi connectivity index (χ0n) is 10.2. The average molecular weight is 286 g/mol. The predicted molar refractivity (Wildman–Crippen MR) is 70.3 cm³/mol. The summed E-state index contributed by atoms with van der Waals surface area (Å²) < 4.78 is 13.4. The number of hydrogen-bond donors (Lipinski definition) is 2. The molecule has 6 heteroatoms. The van der Waals surface area contributed by atoms with Gasteiger partial charge in [0, 0.05) is 11.6 Å². The van der Waals surface area contributed by atoms with Crippen molar-refractivity contribution in [3.63, 3.8) is 0 Å². The fourth-order valence-corrected chi connectivity index (χ4v) is 1.61. The highest BCUT2D eigenvalue weighted by Gasteiger charge is 2.16. The molecule has 4 nitrogen and oxygen atoms in total. The van der Waals surface area contributed by atoms with Crippen LogP contribution in [-0.2, 0) is 9.59 Å². The largest absolute Gasteiger partial charge is 0.480 e. The molecule has 0 bridgehead atoms. The summed E-state index contributed by atoms with van der Waals surface area (Å²) in [5, 5.41) is 11.2. The first-order valence-corrected chi connectivity index (χ1v) is 5.99. The number of nitrogens with one attached hydrogen (secondary N) is 1. The molecule has 2 N–H and O–H groups in total. The van der Waals surface area contributed by atoms with Gasteiger partial charge in [-0.2, -0.15) is 0 Å². The maximum atomic E-state index is 13.4. The van der Waals surface area contributed by atoms with E-state index in [4.69, 9.17) is 16.7 Å². The van der Waals surface area contributed by atoms with Crippen molar-refractivity contribution in [2.24, 2.45) is 0 Å². The Morgan fingerprint density at radius 2 is 2.21 bits per heavy atom. The van der Waals surface area contributed by atoms with Crippen LogP contribution in [0.5, 0.6) is 0 Å². The average Bonchev–Trinajstić information content (AvgIpc) is 2.35. The normalized spacial score (nSPS) is 12.4. The van der Waals surface area contributed by atoms with E-state index in [1.807, 2.05) is 0 Å². The van der Waals surface area contributed by atoms with Gasteiger partial charge in [-0.25, -0.2) is 9.18 Å². The second kappa shape index (κ2) is 6.89. The third-order valence-corrected chi connectivity index (χ3v) is 2.75. The summed E-state index contributed by atoms with van der Waals surface area (Å²) in [5.41, 5.74) is 0.0858. The van der Waals surface area contributed by atoms with Crippen molar-refractivity contribution in [3.05, 3.63) is 40.7 Å². The molecule has 102 valence electrons. The molecule has 0 radical (unpaired) electrons. The highest BCUT2D eigenvalue weighted by atomic mass is 35.5. The molecule has 0 aliphatic heterocycles. The quantitative estimate of drug-likeness (QED) is 0.817. The fourth-order valence-electron chi connectivity index (χ4n) is 1.39. The summed E-state index contributed by atoms with van der Waals surface area (Å²) in [5.74, 6) is -2.29. The van der Waals surface area contributed by atoms with Gasteiger partial charge in [-0.3, -0.25) is 4.79 Å². The topological polar surface area (TPSA) is 66.4 Å². The lowest BCUT2D eigenvalue weighted by Crippen LogP contribution is -2.39. The molecule has 1 unspecified atom stereocenters. The number of rotatable bonds is 5. The first-order chi connectivity index (χ1) is 8.95. The zero-order chi connectivity index (χ0) is 14.4. The lowest BCUT2D eigenvalue weighted by molar-refractivity contribution is -0.141. The Bertz CT molecular complexity index is 496. The Morgan fingerprint density at radius 3 is 2.74 bits per heavy atom. The Hall–Kier alpha value is -1.88. The summed E-state index contributed by atoms with van der Waals surface area (Å²) in [7, 11) is 0. The van der Waals surface area contributed by atoms with Crippen molar-refractivity contribution in [3.8, 4) is 0 Å². The Kier molecular flexibility index (Phi) is 5.51. The Morgan fingerprint density at radius 1 is 1.53 bits per heavy atom. The van der Waals surface area contributed by atoms with Gasteiger partial charge in [0.05, 0.1) is 5.02 Å². The van der Waals surface area contributed by atoms with Crippen LogP contribution in [0.15, 0.2) is 24.3 Å². The van der Waals surface area contributed by atoms with Crippen molar-refractivity contribution in [1.29, 1.82) is 0 Å². The van der Waals surface area contributed by atoms with E-state index in [2.05, 4.69) is 5.32 Å². The summed E-state index contributed by atoms with van der Waals surface area (Å²) in [6, 6.07) is 3.20. The van der Waals surface area contributed by atoms with Crippen LogP contribution in [0.1, 0.15) is 18.9 Å². The van der Waals surface area contributed by atoms with E-state index < -0.39 is 23.7 Å². The molecule has 1 atom stereocenters. The number of carboxylic acid groups (broad SMARTS) is 1. The molecule has 1 amide bonds. The molecule has 0 aliphatic rings. The molecule has 1 aromatic carbocycles. The molecule has 0 spiro atoms. The molecule has 0 aromatic heterocycles. The van der Waals surface area contributed by atoms with E-state index in [0.29, 0.717) is 0 Å². The number of carbonyl (C=O) groups excluding carboxylic acids is 1. The summed E-state index contributed by atoms with van der Waals surface area (Å²) in [4.78, 5) is 22.2. The van der Waals surface area contributed by atoms with Crippen LogP contribution in [0.2, 0.25) is 5.02 Å². The molecule has 0 saturated heterocycles. The number of aliphatic carboxylic acids is 1. The zero-order valence-corrected chi connectivity index (χ0v) is 10.9. The lowest BCUT2D eigenvalue weighted by atomic mass is 10.2. The van der Waals surface area contributed by atoms with Gasteiger partial charge in [-0.1, -0.05) is 24.6 Å². The third kappa shape index (κ3) is 4.37. The van der Waals surface area contributed by atoms with E-state index in [-0.39, 0.29) is 17.0 Å². The Labute approximate surface area is 114 Å².